The number of alkyl halides is 3. The van der Waals surface area contributed by atoms with E-state index in [9.17, 15) is 27.6 Å². The summed E-state index contributed by atoms with van der Waals surface area (Å²) in [5, 5.41) is 9.84. The molecule has 0 radical (unpaired) electrons. The van der Waals surface area contributed by atoms with Gasteiger partial charge in [0.25, 0.3) is 5.91 Å². The van der Waals surface area contributed by atoms with Crippen molar-refractivity contribution in [2.24, 2.45) is 5.41 Å². The van der Waals surface area contributed by atoms with Crippen molar-refractivity contribution in [1.82, 2.24) is 14.9 Å². The van der Waals surface area contributed by atoms with E-state index in [4.69, 9.17) is 0 Å². The highest BCUT2D eigenvalue weighted by Gasteiger charge is 2.40. The largest absolute Gasteiger partial charge is 0.419 e. The summed E-state index contributed by atoms with van der Waals surface area (Å²) in [7, 11) is 0. The van der Waals surface area contributed by atoms with Crippen LogP contribution in [0.2, 0.25) is 0 Å². The second kappa shape index (κ2) is 9.21. The third-order valence-electron chi connectivity index (χ3n) is 6.15. The lowest BCUT2D eigenvalue weighted by molar-refractivity contribution is -0.140. The molecule has 1 saturated heterocycles. The zero-order valence-corrected chi connectivity index (χ0v) is 18.0. The minimum absolute atomic E-state index is 0.150. The first-order valence-electron chi connectivity index (χ1n) is 10.6. The summed E-state index contributed by atoms with van der Waals surface area (Å²) < 4.78 is 53.8. The van der Waals surface area contributed by atoms with Crippen LogP contribution in [0.5, 0.6) is 0 Å². The van der Waals surface area contributed by atoms with Crippen LogP contribution in [-0.4, -0.2) is 33.9 Å². The number of aromatic nitrogens is 2. The smallest absolute Gasteiger partial charge is 0.338 e. The van der Waals surface area contributed by atoms with Gasteiger partial charge in [-0.1, -0.05) is 12.1 Å². The number of benzene rings is 1. The third kappa shape index (κ3) is 4.62. The van der Waals surface area contributed by atoms with Crippen LogP contribution in [0.15, 0.2) is 61.1 Å². The topological polar surface area (TPSA) is 69.9 Å². The van der Waals surface area contributed by atoms with Crippen LogP contribution < -0.4 is 0 Å². The zero-order chi connectivity index (χ0) is 24.3. The molecular weight excluding hydrogens is 448 g/mol. The van der Waals surface area contributed by atoms with E-state index in [1.54, 1.807) is 47.8 Å². The van der Waals surface area contributed by atoms with Gasteiger partial charge in [0.15, 0.2) is 0 Å². The van der Waals surface area contributed by atoms with E-state index in [1.807, 2.05) is 0 Å². The van der Waals surface area contributed by atoms with Crippen molar-refractivity contribution >= 4 is 5.91 Å². The fourth-order valence-electron chi connectivity index (χ4n) is 4.25. The van der Waals surface area contributed by atoms with Crippen molar-refractivity contribution < 1.29 is 22.4 Å². The van der Waals surface area contributed by atoms with Gasteiger partial charge in [-0.05, 0) is 55.2 Å². The Morgan fingerprint density at radius 1 is 1.06 bits per heavy atom. The average Bonchev–Trinajstić information content (AvgIpc) is 2.85. The van der Waals surface area contributed by atoms with Gasteiger partial charge in [-0.2, -0.15) is 18.4 Å². The third-order valence-corrected chi connectivity index (χ3v) is 6.15. The molecule has 0 unspecified atom stereocenters. The summed E-state index contributed by atoms with van der Waals surface area (Å²) in [6.07, 6.45) is 0.266. The molecule has 0 bridgehead atoms. The maximum atomic E-state index is 14.6. The van der Waals surface area contributed by atoms with Crippen LogP contribution in [-0.2, 0) is 12.6 Å². The lowest BCUT2D eigenvalue weighted by Gasteiger charge is -2.37. The number of nitriles is 1. The van der Waals surface area contributed by atoms with Crippen LogP contribution in [0.3, 0.4) is 0 Å². The quantitative estimate of drug-likeness (QED) is 0.488. The van der Waals surface area contributed by atoms with Gasteiger partial charge < -0.3 is 4.90 Å². The summed E-state index contributed by atoms with van der Waals surface area (Å²) in [5.41, 5.74) is -0.901. The maximum absolute atomic E-state index is 14.6. The fourth-order valence-corrected chi connectivity index (χ4v) is 4.25. The van der Waals surface area contributed by atoms with Crippen molar-refractivity contribution in [1.29, 1.82) is 5.26 Å². The molecule has 0 aliphatic carbocycles. The van der Waals surface area contributed by atoms with Gasteiger partial charge in [0, 0.05) is 37.2 Å². The maximum Gasteiger partial charge on any atom is 0.419 e. The van der Waals surface area contributed by atoms with Crippen LogP contribution in [0.4, 0.5) is 17.6 Å². The molecule has 3 heterocycles. The lowest BCUT2D eigenvalue weighted by atomic mass is 9.74. The normalized spacial score (nSPS) is 15.6. The molecule has 1 aliphatic rings. The second-order valence-electron chi connectivity index (χ2n) is 8.27. The van der Waals surface area contributed by atoms with E-state index < -0.39 is 23.0 Å². The predicted octanol–water partition coefficient (Wildman–Crippen LogP) is 5.29. The molecule has 9 heteroatoms. The van der Waals surface area contributed by atoms with E-state index >= 15 is 0 Å². The molecule has 0 spiro atoms. The average molecular weight is 468 g/mol. The Bertz CT molecular complexity index is 1230. The van der Waals surface area contributed by atoms with E-state index in [0.717, 1.165) is 11.6 Å². The highest BCUT2D eigenvalue weighted by atomic mass is 19.4. The number of pyridine rings is 2. The van der Waals surface area contributed by atoms with E-state index in [2.05, 4.69) is 16.0 Å². The van der Waals surface area contributed by atoms with Crippen molar-refractivity contribution in [3.63, 3.8) is 0 Å². The number of hydrogen-bond acceptors (Lipinski definition) is 4. The number of halogens is 4. The Morgan fingerprint density at radius 3 is 2.41 bits per heavy atom. The number of amides is 1. The molecule has 174 valence electrons. The fraction of sp³-hybridized carbons (Fsp3) is 0.280. The monoisotopic (exact) mass is 468 g/mol. The minimum Gasteiger partial charge on any atom is -0.338 e. The number of carbonyl (C=O) groups excluding carboxylic acids is 1. The Labute approximate surface area is 193 Å². The molecule has 1 amide bonds. The summed E-state index contributed by atoms with van der Waals surface area (Å²) in [6, 6.07) is 12.1. The highest BCUT2D eigenvalue weighted by molar-refractivity contribution is 5.99. The van der Waals surface area contributed by atoms with Crippen LogP contribution in [0.25, 0.3) is 11.3 Å². The predicted molar refractivity (Wildman–Crippen MR) is 116 cm³/mol. The molecule has 3 aromatic rings. The van der Waals surface area contributed by atoms with Gasteiger partial charge in [-0.15, -0.1) is 0 Å². The molecule has 2 aromatic heterocycles. The molecule has 0 N–H and O–H groups in total. The molecule has 0 saturated carbocycles. The van der Waals surface area contributed by atoms with Gasteiger partial charge in [-0.25, -0.2) is 4.39 Å². The number of likely N-dealkylation sites (tertiary alicyclic amines) is 1. The Hall–Kier alpha value is -3.80. The Kier molecular flexibility index (Phi) is 6.33. The molecule has 4 rings (SSSR count). The van der Waals surface area contributed by atoms with Gasteiger partial charge in [0.1, 0.15) is 5.82 Å². The molecule has 5 nitrogen and oxygen atoms in total. The first-order chi connectivity index (χ1) is 16.2. The lowest BCUT2D eigenvalue weighted by Crippen LogP contribution is -2.43. The summed E-state index contributed by atoms with van der Waals surface area (Å²) in [5.74, 6) is -1.60. The summed E-state index contributed by atoms with van der Waals surface area (Å²) in [6.45, 7) is 0.440. The molecular formula is C25H20F4N4O. The SMILES string of the molecule is N#CC1(Cc2cccc(C(F)(F)F)c2F)CCN(C(=O)c2cccnc2-c2ccncc2)CC1. The summed E-state index contributed by atoms with van der Waals surface area (Å²) >= 11 is 0. The van der Waals surface area contributed by atoms with E-state index in [0.29, 0.717) is 17.3 Å². The number of hydrogen-bond donors (Lipinski definition) is 0. The highest BCUT2D eigenvalue weighted by Crippen LogP contribution is 2.38. The zero-order valence-electron chi connectivity index (χ0n) is 18.0. The Balaban J connectivity index is 1.52. The van der Waals surface area contributed by atoms with Crippen LogP contribution >= 0.6 is 0 Å². The van der Waals surface area contributed by atoms with Gasteiger partial charge >= 0.3 is 6.18 Å². The molecule has 1 aromatic carbocycles. The van der Waals surface area contributed by atoms with Crippen molar-refractivity contribution in [2.75, 3.05) is 13.1 Å². The number of piperidine rings is 1. The van der Waals surface area contributed by atoms with Crippen molar-refractivity contribution in [3.05, 3.63) is 83.6 Å². The standard InChI is InChI=1S/C25H20F4N4O/c26-21-18(3-1-5-20(21)25(27,28)29)15-24(16-30)8-13-33(14-9-24)23(34)19-4-2-10-32-22(19)17-6-11-31-12-7-17/h1-7,10-12H,8-9,13-15H2. The first kappa shape index (κ1) is 23.4. The van der Waals surface area contributed by atoms with Gasteiger partial charge in [0.05, 0.1) is 28.3 Å². The number of carbonyl (C=O) groups is 1. The molecule has 34 heavy (non-hydrogen) atoms. The van der Waals surface area contributed by atoms with Gasteiger partial charge in [0.2, 0.25) is 0 Å². The second-order valence-corrected chi connectivity index (χ2v) is 8.27. The summed E-state index contributed by atoms with van der Waals surface area (Å²) in [4.78, 5) is 23.2. The molecule has 0 atom stereocenters. The number of rotatable bonds is 4. The van der Waals surface area contributed by atoms with Crippen molar-refractivity contribution in [3.8, 4) is 17.3 Å². The Morgan fingerprint density at radius 2 is 1.76 bits per heavy atom. The first-order valence-corrected chi connectivity index (χ1v) is 10.6. The van der Waals surface area contributed by atoms with E-state index in [1.165, 1.54) is 6.07 Å². The molecule has 1 aliphatic heterocycles. The van der Waals surface area contributed by atoms with Crippen LogP contribution in [0.1, 0.15) is 34.3 Å². The number of nitrogens with zero attached hydrogens (tertiary/aromatic N) is 4. The van der Waals surface area contributed by atoms with Gasteiger partial charge in [-0.3, -0.25) is 14.8 Å². The van der Waals surface area contributed by atoms with E-state index in [-0.39, 0.29) is 43.8 Å². The molecule has 1 fully saturated rings. The van der Waals surface area contributed by atoms with Crippen LogP contribution in [0, 0.1) is 22.6 Å². The van der Waals surface area contributed by atoms with Crippen molar-refractivity contribution in [2.45, 2.75) is 25.4 Å². The minimum atomic E-state index is -4.81.